The van der Waals surface area contributed by atoms with Crippen LogP contribution in [0.25, 0.3) is 0 Å². The molecule has 1 fully saturated rings. The summed E-state index contributed by atoms with van der Waals surface area (Å²) in [5.74, 6) is 0.00187. The Kier molecular flexibility index (Phi) is 7.38. The number of benzene rings is 1. The van der Waals surface area contributed by atoms with Crippen molar-refractivity contribution in [2.45, 2.75) is 43.2 Å². The van der Waals surface area contributed by atoms with Crippen molar-refractivity contribution in [2.75, 3.05) is 10.6 Å². The van der Waals surface area contributed by atoms with Gasteiger partial charge in [0.1, 0.15) is 11.9 Å². The van der Waals surface area contributed by atoms with Gasteiger partial charge in [0, 0.05) is 36.7 Å². The monoisotopic (exact) mass is 504 g/mol. The van der Waals surface area contributed by atoms with Crippen LogP contribution in [0.3, 0.4) is 0 Å². The summed E-state index contributed by atoms with van der Waals surface area (Å²) in [5.41, 5.74) is 2.98. The summed E-state index contributed by atoms with van der Waals surface area (Å²) in [4.78, 5) is 25.9. The highest BCUT2D eigenvalue weighted by Gasteiger charge is 2.35. The summed E-state index contributed by atoms with van der Waals surface area (Å²) in [7, 11) is 0. The highest BCUT2D eigenvalue weighted by molar-refractivity contribution is 6.07. The van der Waals surface area contributed by atoms with Crippen LogP contribution in [0.4, 0.5) is 11.5 Å². The maximum Gasteiger partial charge on any atom is 0.259 e. The lowest BCUT2D eigenvalue weighted by atomic mass is 9.80. The van der Waals surface area contributed by atoms with Gasteiger partial charge in [0.2, 0.25) is 0 Å². The van der Waals surface area contributed by atoms with Crippen molar-refractivity contribution >= 4 is 17.4 Å². The predicted octanol–water partition coefficient (Wildman–Crippen LogP) is 5.35. The molecule has 8 heteroatoms. The highest BCUT2D eigenvalue weighted by atomic mass is 16.3. The van der Waals surface area contributed by atoms with E-state index in [1.807, 2.05) is 36.4 Å². The zero-order chi connectivity index (χ0) is 26.4. The molecule has 5 rings (SSSR count). The van der Waals surface area contributed by atoms with Crippen LogP contribution in [-0.4, -0.2) is 26.0 Å². The normalized spacial score (nSPS) is 15.7. The Labute approximate surface area is 221 Å². The van der Waals surface area contributed by atoms with Crippen LogP contribution in [0.1, 0.15) is 64.9 Å². The number of nitrogens with one attached hydrogen (secondary N) is 2. The molecule has 1 aromatic carbocycles. The van der Waals surface area contributed by atoms with Crippen molar-refractivity contribution < 1.29 is 9.90 Å². The lowest BCUT2D eigenvalue weighted by molar-refractivity contribution is 0.102. The molecule has 1 saturated carbocycles. The number of hydrogen-bond donors (Lipinski definition) is 3. The second-order valence-corrected chi connectivity index (χ2v) is 9.46. The number of amides is 1. The minimum absolute atomic E-state index is 0.335. The first-order valence-electron chi connectivity index (χ1n) is 12.6. The molecule has 0 spiro atoms. The molecule has 1 aliphatic rings. The summed E-state index contributed by atoms with van der Waals surface area (Å²) in [6.45, 7) is 0. The Hall–Kier alpha value is -4.61. The maximum atomic E-state index is 13.3. The quantitative estimate of drug-likeness (QED) is 0.296. The fourth-order valence-electron chi connectivity index (χ4n) is 5.03. The van der Waals surface area contributed by atoms with E-state index in [2.05, 4.69) is 31.7 Å². The molecule has 3 aromatic heterocycles. The van der Waals surface area contributed by atoms with Crippen LogP contribution in [0.5, 0.6) is 0 Å². The smallest absolute Gasteiger partial charge is 0.259 e. The van der Waals surface area contributed by atoms with Crippen molar-refractivity contribution in [1.82, 2.24) is 15.0 Å². The van der Waals surface area contributed by atoms with E-state index in [9.17, 15) is 15.2 Å². The molecule has 2 unspecified atom stereocenters. The fourth-order valence-corrected chi connectivity index (χ4v) is 5.03. The number of anilines is 2. The van der Waals surface area contributed by atoms with Crippen molar-refractivity contribution in [3.05, 3.63) is 114 Å². The summed E-state index contributed by atoms with van der Waals surface area (Å²) >= 11 is 0. The second-order valence-electron chi connectivity index (χ2n) is 9.46. The van der Waals surface area contributed by atoms with Gasteiger partial charge in [-0.15, -0.1) is 0 Å². The van der Waals surface area contributed by atoms with E-state index in [1.54, 1.807) is 55.2 Å². The average Bonchev–Trinajstić information content (AvgIpc) is 3.47. The first-order chi connectivity index (χ1) is 18.6. The van der Waals surface area contributed by atoms with Crippen molar-refractivity contribution in [1.29, 1.82) is 5.26 Å². The van der Waals surface area contributed by atoms with E-state index in [0.29, 0.717) is 22.6 Å². The summed E-state index contributed by atoms with van der Waals surface area (Å²) in [6, 6.07) is 19.9. The number of carbonyl (C=O) groups is 1. The molecule has 190 valence electrons. The SMILES string of the molecule is N#CC1(c2ccc(NC(=O)c3cccnc3NC(c3ccncc3)C(O)c3ccncc3)cc2)CCCC1. The molecule has 4 aromatic rings. The van der Waals surface area contributed by atoms with Crippen molar-refractivity contribution in [2.24, 2.45) is 0 Å². The molecule has 0 saturated heterocycles. The number of nitrogens with zero attached hydrogens (tertiary/aromatic N) is 4. The van der Waals surface area contributed by atoms with Crippen LogP contribution < -0.4 is 10.6 Å². The Morgan fingerprint density at radius 1 is 0.895 bits per heavy atom. The van der Waals surface area contributed by atoms with E-state index in [1.165, 1.54) is 0 Å². The van der Waals surface area contributed by atoms with E-state index in [-0.39, 0.29) is 5.91 Å². The third-order valence-electron chi connectivity index (χ3n) is 7.14. The van der Waals surface area contributed by atoms with Gasteiger partial charge in [-0.3, -0.25) is 14.8 Å². The van der Waals surface area contributed by atoms with Gasteiger partial charge in [0.05, 0.1) is 23.1 Å². The number of carbonyl (C=O) groups excluding carboxylic acids is 1. The van der Waals surface area contributed by atoms with Crippen molar-refractivity contribution in [3.8, 4) is 6.07 Å². The van der Waals surface area contributed by atoms with E-state index < -0.39 is 17.6 Å². The highest BCUT2D eigenvalue weighted by Crippen LogP contribution is 2.40. The van der Waals surface area contributed by atoms with Crippen LogP contribution in [-0.2, 0) is 5.41 Å². The molecule has 0 radical (unpaired) electrons. The van der Waals surface area contributed by atoms with Gasteiger partial charge in [0.15, 0.2) is 0 Å². The molecule has 1 amide bonds. The molecule has 0 aliphatic heterocycles. The first-order valence-corrected chi connectivity index (χ1v) is 12.6. The molecule has 1 aliphatic carbocycles. The molecule has 2 atom stereocenters. The Morgan fingerprint density at radius 2 is 1.53 bits per heavy atom. The molecule has 3 heterocycles. The number of pyridine rings is 3. The van der Waals surface area contributed by atoms with Gasteiger partial charge in [-0.2, -0.15) is 5.26 Å². The lowest BCUT2D eigenvalue weighted by Crippen LogP contribution is -2.23. The van der Waals surface area contributed by atoms with Crippen LogP contribution in [0.15, 0.2) is 91.6 Å². The van der Waals surface area contributed by atoms with Gasteiger partial charge in [-0.25, -0.2) is 4.98 Å². The number of aliphatic hydroxyl groups excluding tert-OH is 1. The molecule has 8 nitrogen and oxygen atoms in total. The zero-order valence-electron chi connectivity index (χ0n) is 20.8. The van der Waals surface area contributed by atoms with Crippen LogP contribution in [0.2, 0.25) is 0 Å². The Morgan fingerprint density at radius 3 is 2.16 bits per heavy atom. The van der Waals surface area contributed by atoms with Gasteiger partial charge in [-0.05, 0) is 78.1 Å². The van der Waals surface area contributed by atoms with Gasteiger partial charge in [-0.1, -0.05) is 25.0 Å². The number of hydrogen-bond acceptors (Lipinski definition) is 7. The van der Waals surface area contributed by atoms with Crippen molar-refractivity contribution in [3.63, 3.8) is 0 Å². The Bertz CT molecular complexity index is 1410. The average molecular weight is 505 g/mol. The molecule has 0 bridgehead atoms. The largest absolute Gasteiger partial charge is 0.386 e. The number of rotatable bonds is 8. The van der Waals surface area contributed by atoms with E-state index in [4.69, 9.17) is 0 Å². The molecule has 3 N–H and O–H groups in total. The molecule has 38 heavy (non-hydrogen) atoms. The Balaban J connectivity index is 1.38. The maximum absolute atomic E-state index is 13.3. The fraction of sp³-hybridized carbons (Fsp3) is 0.233. The predicted molar refractivity (Wildman–Crippen MR) is 144 cm³/mol. The number of nitriles is 1. The first kappa shape index (κ1) is 25.1. The van der Waals surface area contributed by atoms with E-state index in [0.717, 1.165) is 36.8 Å². The van der Waals surface area contributed by atoms with Gasteiger partial charge in [0.25, 0.3) is 5.91 Å². The third-order valence-corrected chi connectivity index (χ3v) is 7.14. The number of aliphatic hydroxyl groups is 1. The standard InChI is InChI=1S/C30H28N6O2/c31-20-30(13-1-2-14-30)23-5-7-24(8-6-23)35-29(38)25-4-3-15-34-28(25)36-26(21-9-16-32-17-10-21)27(37)22-11-18-33-19-12-22/h3-12,15-19,26-27,37H,1-2,13-14H2,(H,34,36)(H,35,38). The molecular weight excluding hydrogens is 476 g/mol. The summed E-state index contributed by atoms with van der Waals surface area (Å²) in [5, 5.41) is 27.2. The van der Waals surface area contributed by atoms with Gasteiger partial charge >= 0.3 is 0 Å². The van der Waals surface area contributed by atoms with Crippen LogP contribution in [0, 0.1) is 11.3 Å². The zero-order valence-corrected chi connectivity index (χ0v) is 20.8. The minimum atomic E-state index is -0.936. The third kappa shape index (κ3) is 5.24. The molecular formula is C30H28N6O2. The lowest BCUT2D eigenvalue weighted by Gasteiger charge is -2.26. The summed E-state index contributed by atoms with van der Waals surface area (Å²) in [6.07, 6.45) is 11.1. The summed E-state index contributed by atoms with van der Waals surface area (Å²) < 4.78 is 0. The number of aromatic nitrogens is 3. The van der Waals surface area contributed by atoms with Crippen LogP contribution >= 0.6 is 0 Å². The topological polar surface area (TPSA) is 124 Å². The van der Waals surface area contributed by atoms with Gasteiger partial charge < -0.3 is 15.7 Å². The minimum Gasteiger partial charge on any atom is -0.386 e. The van der Waals surface area contributed by atoms with E-state index >= 15 is 0 Å². The second kappa shape index (κ2) is 11.2.